The highest BCUT2D eigenvalue weighted by atomic mass is 32.2. The fourth-order valence-corrected chi connectivity index (χ4v) is 4.13. The summed E-state index contributed by atoms with van der Waals surface area (Å²) >= 11 is 1.82. The molecule has 2 heterocycles. The highest BCUT2D eigenvalue weighted by Gasteiger charge is 2.08. The Hall–Kier alpha value is -0.470. The first-order chi connectivity index (χ1) is 5.92. The van der Waals surface area contributed by atoms with E-state index in [1.807, 2.05) is 11.3 Å². The Morgan fingerprint density at radius 1 is 1.33 bits per heavy atom. The molecule has 0 spiro atoms. The average Bonchev–Trinajstić information content (AvgIpc) is 2.74. The molecule has 63 valence electrons. The Kier molecular flexibility index (Phi) is 2.38. The van der Waals surface area contributed by atoms with Gasteiger partial charge in [-0.15, -0.1) is 11.3 Å². The van der Waals surface area contributed by atoms with E-state index in [1.165, 1.54) is 9.77 Å². The Morgan fingerprint density at radius 3 is 2.75 bits per heavy atom. The molecule has 1 radical (unpaired) electrons. The Balaban J connectivity index is 2.32. The number of hydrogen-bond donors (Lipinski definition) is 1. The van der Waals surface area contributed by atoms with Crippen LogP contribution in [-0.2, 0) is 6.42 Å². The molecule has 2 rings (SSSR count). The van der Waals surface area contributed by atoms with Gasteiger partial charge in [0, 0.05) is 9.77 Å². The first kappa shape index (κ1) is 8.14. The number of hydrogen-bond acceptors (Lipinski definition) is 1. The highest BCUT2D eigenvalue weighted by molar-refractivity contribution is 8.22. The maximum atomic E-state index is 3.93. The van der Waals surface area contributed by atoms with Crippen LogP contribution in [0.15, 0.2) is 39.3 Å². The third-order valence-electron chi connectivity index (χ3n) is 1.83. The van der Waals surface area contributed by atoms with Gasteiger partial charge in [0.15, 0.2) is 0 Å². The van der Waals surface area contributed by atoms with Gasteiger partial charge in [-0.25, -0.2) is 0 Å². The molecule has 0 saturated carbocycles. The van der Waals surface area contributed by atoms with Gasteiger partial charge >= 0.3 is 0 Å². The lowest BCUT2D eigenvalue weighted by Crippen LogP contribution is -1.78. The lowest BCUT2D eigenvalue weighted by Gasteiger charge is -2.09. The van der Waals surface area contributed by atoms with Gasteiger partial charge in [-0.1, -0.05) is 12.2 Å². The zero-order valence-electron chi connectivity index (χ0n) is 6.73. The SMILES string of the molecule is [CH2]Cc1sccc1[SH]1C=CC=C1. The van der Waals surface area contributed by atoms with Crippen molar-refractivity contribution in [3.8, 4) is 0 Å². The van der Waals surface area contributed by atoms with Gasteiger partial charge in [-0.3, -0.25) is 0 Å². The van der Waals surface area contributed by atoms with Crippen molar-refractivity contribution in [1.29, 1.82) is 0 Å². The fourth-order valence-electron chi connectivity index (χ4n) is 1.25. The van der Waals surface area contributed by atoms with Crippen LogP contribution in [0.1, 0.15) is 4.88 Å². The van der Waals surface area contributed by atoms with Crippen LogP contribution in [0, 0.1) is 6.92 Å². The third kappa shape index (κ3) is 1.37. The van der Waals surface area contributed by atoms with E-state index in [4.69, 9.17) is 0 Å². The molecule has 2 heteroatoms. The van der Waals surface area contributed by atoms with Crippen molar-refractivity contribution in [2.24, 2.45) is 0 Å². The van der Waals surface area contributed by atoms with E-state index < -0.39 is 0 Å². The number of thiophene rings is 1. The van der Waals surface area contributed by atoms with Crippen LogP contribution in [-0.4, -0.2) is 0 Å². The van der Waals surface area contributed by atoms with Gasteiger partial charge in [0.25, 0.3) is 0 Å². The molecular formula is C10H11S2. The van der Waals surface area contributed by atoms with Gasteiger partial charge in [-0.05, 0) is 35.6 Å². The van der Waals surface area contributed by atoms with Crippen molar-refractivity contribution in [1.82, 2.24) is 0 Å². The lowest BCUT2D eigenvalue weighted by molar-refractivity contribution is 1.26. The third-order valence-corrected chi connectivity index (χ3v) is 4.93. The molecule has 0 atom stereocenters. The van der Waals surface area contributed by atoms with Crippen molar-refractivity contribution < 1.29 is 0 Å². The van der Waals surface area contributed by atoms with E-state index in [9.17, 15) is 0 Å². The predicted octanol–water partition coefficient (Wildman–Crippen LogP) is 3.53. The minimum atomic E-state index is -0.121. The summed E-state index contributed by atoms with van der Waals surface area (Å²) < 4.78 is 0. The summed E-state index contributed by atoms with van der Waals surface area (Å²) in [6, 6.07) is 2.23. The molecule has 0 saturated heterocycles. The lowest BCUT2D eigenvalue weighted by atomic mass is 10.4. The fraction of sp³-hybridized carbons (Fsp3) is 0.100. The molecule has 0 amide bonds. The number of allylic oxidation sites excluding steroid dienone is 2. The van der Waals surface area contributed by atoms with Gasteiger partial charge in [0.2, 0.25) is 0 Å². The van der Waals surface area contributed by atoms with Gasteiger partial charge in [0.1, 0.15) is 0 Å². The minimum absolute atomic E-state index is 0.121. The topological polar surface area (TPSA) is 0 Å². The summed E-state index contributed by atoms with van der Waals surface area (Å²) in [5.41, 5.74) is 0. The second-order valence-corrected chi connectivity index (χ2v) is 5.46. The van der Waals surface area contributed by atoms with E-state index in [-0.39, 0.29) is 10.9 Å². The Morgan fingerprint density at radius 2 is 2.08 bits per heavy atom. The highest BCUT2D eigenvalue weighted by Crippen LogP contribution is 2.45. The monoisotopic (exact) mass is 195 g/mol. The minimum Gasteiger partial charge on any atom is -0.185 e. The predicted molar refractivity (Wildman–Crippen MR) is 58.9 cm³/mol. The van der Waals surface area contributed by atoms with Crippen molar-refractivity contribution in [3.05, 3.63) is 46.2 Å². The second kappa shape index (κ2) is 3.50. The van der Waals surface area contributed by atoms with Crippen LogP contribution < -0.4 is 0 Å². The van der Waals surface area contributed by atoms with Crippen LogP contribution >= 0.6 is 22.2 Å². The van der Waals surface area contributed by atoms with Crippen molar-refractivity contribution in [2.75, 3.05) is 0 Å². The summed E-state index contributed by atoms with van der Waals surface area (Å²) in [5.74, 6) is 0. The zero-order valence-corrected chi connectivity index (χ0v) is 8.44. The van der Waals surface area contributed by atoms with Gasteiger partial charge in [-0.2, -0.15) is 10.9 Å². The van der Waals surface area contributed by atoms with Crippen LogP contribution in [0.4, 0.5) is 0 Å². The molecule has 1 aliphatic rings. The smallest absolute Gasteiger partial charge is 0.0170 e. The first-order valence-electron chi connectivity index (χ1n) is 3.91. The van der Waals surface area contributed by atoms with Crippen LogP contribution in [0.3, 0.4) is 0 Å². The molecule has 0 fully saturated rings. The van der Waals surface area contributed by atoms with E-state index in [0.29, 0.717) is 0 Å². The van der Waals surface area contributed by atoms with Gasteiger partial charge < -0.3 is 0 Å². The maximum Gasteiger partial charge on any atom is 0.0170 e. The molecule has 1 aliphatic heterocycles. The standard InChI is InChI=1S/C10H11S2/c1-2-9-10(5-6-11-9)12-7-3-4-8-12/h3-8,12H,1-2H2. The summed E-state index contributed by atoms with van der Waals surface area (Å²) in [6.07, 6.45) is 5.19. The number of rotatable bonds is 2. The quantitative estimate of drug-likeness (QED) is 0.686. The normalized spacial score (nSPS) is 17.6. The van der Waals surface area contributed by atoms with Crippen molar-refractivity contribution in [3.63, 3.8) is 0 Å². The first-order valence-corrected chi connectivity index (χ1v) is 6.27. The summed E-state index contributed by atoms with van der Waals surface area (Å²) in [4.78, 5) is 2.94. The van der Waals surface area contributed by atoms with Crippen LogP contribution in [0.2, 0.25) is 0 Å². The van der Waals surface area contributed by atoms with Gasteiger partial charge in [0.05, 0.1) is 0 Å². The Labute approximate surface area is 80.0 Å². The van der Waals surface area contributed by atoms with E-state index in [2.05, 4.69) is 41.3 Å². The van der Waals surface area contributed by atoms with E-state index in [1.54, 1.807) is 0 Å². The number of thiol groups is 1. The molecule has 0 aliphatic carbocycles. The van der Waals surface area contributed by atoms with Crippen LogP contribution in [0.5, 0.6) is 0 Å². The van der Waals surface area contributed by atoms with E-state index in [0.717, 1.165) is 6.42 Å². The van der Waals surface area contributed by atoms with Crippen molar-refractivity contribution >= 4 is 22.2 Å². The molecule has 1 aromatic heterocycles. The summed E-state index contributed by atoms with van der Waals surface area (Å²) in [7, 11) is -0.121. The van der Waals surface area contributed by atoms with Crippen molar-refractivity contribution in [2.45, 2.75) is 11.3 Å². The molecule has 0 aromatic carbocycles. The molecule has 0 N–H and O–H groups in total. The average molecular weight is 195 g/mol. The van der Waals surface area contributed by atoms with E-state index >= 15 is 0 Å². The van der Waals surface area contributed by atoms with Crippen LogP contribution in [0.25, 0.3) is 0 Å². The second-order valence-electron chi connectivity index (χ2n) is 2.57. The molecule has 0 nitrogen and oxygen atoms in total. The molecule has 1 aromatic rings. The summed E-state index contributed by atoms with van der Waals surface area (Å²) in [5, 5.41) is 6.74. The molecule has 0 unspecified atom stereocenters. The molecule has 12 heavy (non-hydrogen) atoms. The maximum absolute atomic E-state index is 3.93. The zero-order chi connectivity index (χ0) is 8.39. The summed E-state index contributed by atoms with van der Waals surface area (Å²) in [6.45, 7) is 3.93. The molecular weight excluding hydrogens is 184 g/mol. The molecule has 0 bridgehead atoms. The largest absolute Gasteiger partial charge is 0.185 e. The Bertz CT molecular complexity index is 308.